The number of urea groups is 1. The summed E-state index contributed by atoms with van der Waals surface area (Å²) < 4.78 is 0. The van der Waals surface area contributed by atoms with Crippen LogP contribution >= 0.6 is 0 Å². The van der Waals surface area contributed by atoms with Gasteiger partial charge in [-0.05, 0) is 23.6 Å². The summed E-state index contributed by atoms with van der Waals surface area (Å²) in [4.78, 5) is 25.5. The summed E-state index contributed by atoms with van der Waals surface area (Å²) >= 11 is 0. The summed E-state index contributed by atoms with van der Waals surface area (Å²) in [7, 11) is 0. The number of carboxylic acid groups (broad SMARTS) is 1. The first-order valence-corrected chi connectivity index (χ1v) is 7.58. The Kier molecular flexibility index (Phi) is 4.28. The van der Waals surface area contributed by atoms with Gasteiger partial charge in [-0.2, -0.15) is 0 Å². The van der Waals surface area contributed by atoms with Gasteiger partial charge < -0.3 is 10.4 Å². The highest BCUT2D eigenvalue weighted by atomic mass is 16.4. The van der Waals surface area contributed by atoms with Gasteiger partial charge in [-0.25, -0.2) is 9.59 Å². The summed E-state index contributed by atoms with van der Waals surface area (Å²) in [5.74, 6) is -1.03. The second kappa shape index (κ2) is 6.52. The molecule has 2 aromatic carbocycles. The molecule has 0 spiro atoms. The maximum absolute atomic E-state index is 12.5. The molecule has 0 saturated heterocycles. The van der Waals surface area contributed by atoms with E-state index in [4.69, 9.17) is 0 Å². The van der Waals surface area contributed by atoms with Gasteiger partial charge in [0.15, 0.2) is 0 Å². The number of para-hydroxylation sites is 1. The number of fused-ring (bicyclic) bond motifs is 1. The molecule has 0 radical (unpaired) electrons. The van der Waals surface area contributed by atoms with Crippen molar-refractivity contribution in [2.45, 2.75) is 18.9 Å². The van der Waals surface area contributed by atoms with Crippen LogP contribution in [0.1, 0.15) is 11.1 Å². The van der Waals surface area contributed by atoms with Gasteiger partial charge in [0.1, 0.15) is 6.04 Å². The molecule has 0 bridgehead atoms. The number of aliphatic carboxylic acids is 1. The van der Waals surface area contributed by atoms with Crippen molar-refractivity contribution in [2.24, 2.45) is 0 Å². The summed E-state index contributed by atoms with van der Waals surface area (Å²) in [6.07, 6.45) is 1.05. The molecule has 3 rings (SSSR count). The molecule has 1 heterocycles. The van der Waals surface area contributed by atoms with Crippen LogP contribution in [0.5, 0.6) is 0 Å². The average molecular weight is 310 g/mol. The van der Waals surface area contributed by atoms with E-state index < -0.39 is 12.0 Å². The summed E-state index contributed by atoms with van der Waals surface area (Å²) in [6.45, 7) is 0.572. The fourth-order valence-electron chi connectivity index (χ4n) is 2.83. The molecule has 0 fully saturated rings. The highest BCUT2D eigenvalue weighted by Crippen LogP contribution is 2.27. The molecule has 0 saturated carbocycles. The van der Waals surface area contributed by atoms with Gasteiger partial charge in [0.05, 0.1) is 0 Å². The second-order valence-corrected chi connectivity index (χ2v) is 5.56. The summed E-state index contributed by atoms with van der Waals surface area (Å²) in [5.41, 5.74) is 2.84. The number of anilines is 1. The van der Waals surface area contributed by atoms with Crippen molar-refractivity contribution in [3.63, 3.8) is 0 Å². The predicted molar refractivity (Wildman–Crippen MR) is 87.6 cm³/mol. The van der Waals surface area contributed by atoms with Crippen LogP contribution in [-0.4, -0.2) is 29.7 Å². The lowest BCUT2D eigenvalue weighted by molar-refractivity contribution is -0.139. The number of amides is 2. The molecule has 5 heteroatoms. The Balaban J connectivity index is 1.71. The van der Waals surface area contributed by atoms with Crippen molar-refractivity contribution < 1.29 is 14.7 Å². The maximum Gasteiger partial charge on any atom is 0.326 e. The minimum absolute atomic E-state index is 0.261. The van der Waals surface area contributed by atoms with Gasteiger partial charge in [0, 0.05) is 18.7 Å². The number of carboxylic acids is 1. The lowest BCUT2D eigenvalue weighted by atomic mass is 10.1. The van der Waals surface area contributed by atoms with Crippen molar-refractivity contribution >= 4 is 17.7 Å². The number of hydrogen-bond acceptors (Lipinski definition) is 2. The fraction of sp³-hybridized carbons (Fsp3) is 0.222. The highest BCUT2D eigenvalue weighted by Gasteiger charge is 2.28. The molecule has 1 aliphatic rings. The van der Waals surface area contributed by atoms with E-state index in [-0.39, 0.29) is 12.5 Å². The third kappa shape index (κ3) is 3.34. The number of carbonyl (C=O) groups excluding carboxylic acids is 1. The van der Waals surface area contributed by atoms with Gasteiger partial charge in [0.25, 0.3) is 0 Å². The van der Waals surface area contributed by atoms with Crippen LogP contribution in [-0.2, 0) is 17.6 Å². The monoisotopic (exact) mass is 310 g/mol. The first-order chi connectivity index (χ1) is 11.1. The summed E-state index contributed by atoms with van der Waals surface area (Å²) in [6, 6.07) is 15.7. The number of nitrogens with one attached hydrogen (secondary N) is 1. The van der Waals surface area contributed by atoms with Gasteiger partial charge in [-0.1, -0.05) is 48.5 Å². The topological polar surface area (TPSA) is 69.6 Å². The Bertz CT molecular complexity index is 715. The van der Waals surface area contributed by atoms with Crippen LogP contribution in [0.25, 0.3) is 0 Å². The minimum Gasteiger partial charge on any atom is -0.480 e. The Morgan fingerprint density at radius 3 is 2.52 bits per heavy atom. The molecular formula is C18H18N2O3. The van der Waals surface area contributed by atoms with Gasteiger partial charge in [0.2, 0.25) is 0 Å². The Hall–Kier alpha value is -2.82. The third-order valence-electron chi connectivity index (χ3n) is 4.01. The number of hydrogen-bond donors (Lipinski definition) is 2. The molecular weight excluding hydrogens is 292 g/mol. The third-order valence-corrected chi connectivity index (χ3v) is 4.01. The number of carbonyl (C=O) groups is 2. The second-order valence-electron chi connectivity index (χ2n) is 5.56. The van der Waals surface area contributed by atoms with Gasteiger partial charge in [-0.3, -0.25) is 4.90 Å². The largest absolute Gasteiger partial charge is 0.480 e. The van der Waals surface area contributed by atoms with E-state index in [0.29, 0.717) is 6.54 Å². The Labute approximate surface area is 134 Å². The smallest absolute Gasteiger partial charge is 0.326 e. The van der Waals surface area contributed by atoms with E-state index in [1.54, 1.807) is 4.90 Å². The standard InChI is InChI=1S/C18H18N2O3/c21-17(22)15(12-13-6-2-1-3-7-13)19-18(23)20-11-10-14-8-4-5-9-16(14)20/h1-9,15H,10-12H2,(H,19,23)(H,21,22). The van der Waals surface area contributed by atoms with Crippen molar-refractivity contribution in [1.29, 1.82) is 0 Å². The number of benzene rings is 2. The maximum atomic E-state index is 12.5. The molecule has 1 unspecified atom stereocenters. The average Bonchev–Trinajstić information content (AvgIpc) is 2.99. The molecule has 5 nitrogen and oxygen atoms in total. The lowest BCUT2D eigenvalue weighted by Gasteiger charge is -2.21. The van der Waals surface area contributed by atoms with Crippen molar-refractivity contribution in [2.75, 3.05) is 11.4 Å². The van der Waals surface area contributed by atoms with Gasteiger partial charge >= 0.3 is 12.0 Å². The van der Waals surface area contributed by atoms with Crippen LogP contribution in [0.4, 0.5) is 10.5 Å². The molecule has 2 amide bonds. The molecule has 0 aromatic heterocycles. The van der Waals surface area contributed by atoms with E-state index in [2.05, 4.69) is 5.32 Å². The SMILES string of the molecule is O=C(O)C(Cc1ccccc1)NC(=O)N1CCc2ccccc21. The zero-order valence-corrected chi connectivity index (χ0v) is 12.6. The molecule has 23 heavy (non-hydrogen) atoms. The van der Waals surface area contributed by atoms with Crippen molar-refractivity contribution in [3.05, 3.63) is 65.7 Å². The van der Waals surface area contributed by atoms with Crippen LogP contribution in [0, 0.1) is 0 Å². The van der Waals surface area contributed by atoms with E-state index in [9.17, 15) is 14.7 Å². The lowest BCUT2D eigenvalue weighted by Crippen LogP contribution is -2.48. The Morgan fingerprint density at radius 1 is 1.09 bits per heavy atom. The van der Waals surface area contributed by atoms with E-state index in [1.165, 1.54) is 0 Å². The quantitative estimate of drug-likeness (QED) is 0.911. The van der Waals surface area contributed by atoms with E-state index in [1.807, 2.05) is 54.6 Å². The Morgan fingerprint density at radius 2 is 1.78 bits per heavy atom. The molecule has 2 aromatic rings. The van der Waals surface area contributed by atoms with E-state index in [0.717, 1.165) is 23.2 Å². The molecule has 1 aliphatic heterocycles. The molecule has 0 aliphatic carbocycles. The number of rotatable bonds is 4. The number of nitrogens with zero attached hydrogens (tertiary/aromatic N) is 1. The van der Waals surface area contributed by atoms with Crippen LogP contribution in [0.3, 0.4) is 0 Å². The highest BCUT2D eigenvalue weighted by molar-refractivity contribution is 5.96. The minimum atomic E-state index is -1.03. The first-order valence-electron chi connectivity index (χ1n) is 7.58. The van der Waals surface area contributed by atoms with Gasteiger partial charge in [-0.15, -0.1) is 0 Å². The predicted octanol–water partition coefficient (Wildman–Crippen LogP) is 2.45. The molecule has 1 atom stereocenters. The van der Waals surface area contributed by atoms with Crippen LogP contribution in [0.2, 0.25) is 0 Å². The van der Waals surface area contributed by atoms with Crippen LogP contribution < -0.4 is 10.2 Å². The molecule has 118 valence electrons. The van der Waals surface area contributed by atoms with Crippen molar-refractivity contribution in [3.8, 4) is 0 Å². The van der Waals surface area contributed by atoms with Crippen LogP contribution in [0.15, 0.2) is 54.6 Å². The molecule has 2 N–H and O–H groups in total. The normalized spacial score (nSPS) is 14.2. The van der Waals surface area contributed by atoms with Crippen molar-refractivity contribution in [1.82, 2.24) is 5.32 Å². The zero-order chi connectivity index (χ0) is 16.2. The fourth-order valence-corrected chi connectivity index (χ4v) is 2.83. The summed E-state index contributed by atoms with van der Waals surface area (Å²) in [5, 5.41) is 12.0. The first kappa shape index (κ1) is 15.1. The van der Waals surface area contributed by atoms with E-state index >= 15 is 0 Å². The zero-order valence-electron chi connectivity index (χ0n) is 12.6.